The molecule has 2 aliphatic rings. The number of hydrogen-bond donors (Lipinski definition) is 2. The molecular formula is C21H23N3O3. The van der Waals surface area contributed by atoms with Crippen molar-refractivity contribution < 1.29 is 14.3 Å². The summed E-state index contributed by atoms with van der Waals surface area (Å²) in [6.07, 6.45) is 2.23. The van der Waals surface area contributed by atoms with Crippen LogP contribution in [-0.4, -0.2) is 32.1 Å². The zero-order valence-corrected chi connectivity index (χ0v) is 15.3. The Bertz CT molecular complexity index is 846. The summed E-state index contributed by atoms with van der Waals surface area (Å²) in [7, 11) is 1.64. The predicted octanol–water partition coefficient (Wildman–Crippen LogP) is 3.11. The van der Waals surface area contributed by atoms with Gasteiger partial charge in [-0.25, -0.2) is 4.79 Å². The van der Waals surface area contributed by atoms with Crippen molar-refractivity contribution in [1.82, 2.24) is 10.6 Å². The molecule has 2 aromatic carbocycles. The average molecular weight is 365 g/mol. The third kappa shape index (κ3) is 3.74. The number of nitrogens with one attached hydrogen (secondary N) is 2. The van der Waals surface area contributed by atoms with Crippen LogP contribution >= 0.6 is 0 Å². The van der Waals surface area contributed by atoms with Gasteiger partial charge in [-0.1, -0.05) is 18.2 Å². The van der Waals surface area contributed by atoms with Crippen LogP contribution in [-0.2, 0) is 0 Å². The van der Waals surface area contributed by atoms with Crippen LogP contribution in [0.15, 0.2) is 48.5 Å². The molecule has 1 heterocycles. The standard InChI is InChI=1S/C21H23N3O3/c1-27-18-9-7-15(8-10-18)19(14-5-6-14)23-20(25)16-3-2-4-17(13-16)24-12-11-22-21(24)26/h2-4,7-10,13-14,19H,5-6,11-12H2,1H3,(H,22,26)(H,23,25)/t19-/m1/s1. The summed E-state index contributed by atoms with van der Waals surface area (Å²) < 4.78 is 5.22. The van der Waals surface area contributed by atoms with Gasteiger partial charge in [0.1, 0.15) is 5.75 Å². The van der Waals surface area contributed by atoms with E-state index in [1.165, 1.54) is 0 Å². The second kappa shape index (κ2) is 7.31. The van der Waals surface area contributed by atoms with Crippen molar-refractivity contribution in [2.45, 2.75) is 18.9 Å². The normalized spacial score (nSPS) is 17.4. The smallest absolute Gasteiger partial charge is 0.321 e. The molecule has 0 aromatic heterocycles. The molecule has 0 bridgehead atoms. The fourth-order valence-corrected chi connectivity index (χ4v) is 3.47. The molecule has 2 N–H and O–H groups in total. The molecule has 0 spiro atoms. The first-order chi connectivity index (χ1) is 13.2. The van der Waals surface area contributed by atoms with Crippen LogP contribution in [0.2, 0.25) is 0 Å². The number of benzene rings is 2. The highest BCUT2D eigenvalue weighted by Crippen LogP contribution is 2.41. The van der Waals surface area contributed by atoms with Gasteiger partial charge in [-0.05, 0) is 54.7 Å². The van der Waals surface area contributed by atoms with Crippen molar-refractivity contribution >= 4 is 17.6 Å². The Morgan fingerprint density at radius 1 is 1.22 bits per heavy atom. The Morgan fingerprint density at radius 2 is 2.00 bits per heavy atom. The number of urea groups is 1. The lowest BCUT2D eigenvalue weighted by atomic mass is 10.0. The zero-order chi connectivity index (χ0) is 18.8. The number of hydrogen-bond acceptors (Lipinski definition) is 3. The number of rotatable bonds is 6. The minimum absolute atomic E-state index is 0.0119. The van der Waals surface area contributed by atoms with E-state index in [-0.39, 0.29) is 18.0 Å². The van der Waals surface area contributed by atoms with Gasteiger partial charge in [-0.3, -0.25) is 9.69 Å². The molecule has 2 fully saturated rings. The quantitative estimate of drug-likeness (QED) is 0.826. The summed E-state index contributed by atoms with van der Waals surface area (Å²) in [5, 5.41) is 5.96. The van der Waals surface area contributed by atoms with Gasteiger partial charge in [0.05, 0.1) is 13.2 Å². The van der Waals surface area contributed by atoms with Crippen molar-refractivity contribution in [3.63, 3.8) is 0 Å². The predicted molar refractivity (Wildman–Crippen MR) is 103 cm³/mol. The number of ether oxygens (including phenoxy) is 1. The second-order valence-electron chi connectivity index (χ2n) is 7.00. The molecule has 1 saturated carbocycles. The van der Waals surface area contributed by atoms with Crippen LogP contribution < -0.4 is 20.3 Å². The molecule has 0 unspecified atom stereocenters. The first-order valence-electron chi connectivity index (χ1n) is 9.26. The van der Waals surface area contributed by atoms with Gasteiger partial charge in [0.15, 0.2) is 0 Å². The molecular weight excluding hydrogens is 342 g/mol. The zero-order valence-electron chi connectivity index (χ0n) is 15.3. The van der Waals surface area contributed by atoms with Crippen LogP contribution in [0.25, 0.3) is 0 Å². The molecule has 27 heavy (non-hydrogen) atoms. The van der Waals surface area contributed by atoms with Gasteiger partial charge >= 0.3 is 6.03 Å². The van der Waals surface area contributed by atoms with Crippen LogP contribution in [0.5, 0.6) is 5.75 Å². The van der Waals surface area contributed by atoms with Gasteiger partial charge in [0, 0.05) is 24.3 Å². The fourth-order valence-electron chi connectivity index (χ4n) is 3.47. The molecule has 1 aliphatic heterocycles. The van der Waals surface area contributed by atoms with E-state index in [1.54, 1.807) is 24.1 Å². The number of amides is 3. The van der Waals surface area contributed by atoms with Gasteiger partial charge in [-0.15, -0.1) is 0 Å². The van der Waals surface area contributed by atoms with Crippen molar-refractivity contribution in [2.24, 2.45) is 5.92 Å². The van der Waals surface area contributed by atoms with Crippen LogP contribution in [0.4, 0.5) is 10.5 Å². The van der Waals surface area contributed by atoms with E-state index in [4.69, 9.17) is 4.74 Å². The topological polar surface area (TPSA) is 70.7 Å². The summed E-state index contributed by atoms with van der Waals surface area (Å²) >= 11 is 0. The van der Waals surface area contributed by atoms with E-state index < -0.39 is 0 Å². The molecule has 0 radical (unpaired) electrons. The summed E-state index contributed by atoms with van der Waals surface area (Å²) in [4.78, 5) is 26.4. The number of anilines is 1. The van der Waals surface area contributed by atoms with Crippen molar-refractivity contribution in [1.29, 1.82) is 0 Å². The molecule has 4 rings (SSSR count). The lowest BCUT2D eigenvalue weighted by Crippen LogP contribution is -2.31. The molecule has 2 aromatic rings. The van der Waals surface area contributed by atoms with Gasteiger partial charge < -0.3 is 15.4 Å². The van der Waals surface area contributed by atoms with E-state index in [0.717, 1.165) is 29.8 Å². The molecule has 1 aliphatic carbocycles. The SMILES string of the molecule is COc1ccc([C@H](NC(=O)c2cccc(N3CCNC3=O)c2)C2CC2)cc1. The van der Waals surface area contributed by atoms with E-state index in [0.29, 0.717) is 24.6 Å². The maximum Gasteiger partial charge on any atom is 0.321 e. The van der Waals surface area contributed by atoms with Gasteiger partial charge in [0.2, 0.25) is 0 Å². The Morgan fingerprint density at radius 3 is 2.63 bits per heavy atom. The molecule has 6 heteroatoms. The van der Waals surface area contributed by atoms with Gasteiger partial charge in [-0.2, -0.15) is 0 Å². The minimum atomic E-state index is -0.123. The first-order valence-corrected chi connectivity index (χ1v) is 9.26. The van der Waals surface area contributed by atoms with Crippen LogP contribution in [0, 0.1) is 5.92 Å². The molecule has 140 valence electrons. The number of nitrogens with zero attached hydrogens (tertiary/aromatic N) is 1. The molecule has 1 saturated heterocycles. The highest BCUT2D eigenvalue weighted by molar-refractivity contribution is 5.98. The monoisotopic (exact) mass is 365 g/mol. The Hall–Kier alpha value is -3.02. The maximum atomic E-state index is 12.9. The summed E-state index contributed by atoms with van der Waals surface area (Å²) in [6, 6.07) is 14.9. The maximum absolute atomic E-state index is 12.9. The number of methoxy groups -OCH3 is 1. The second-order valence-corrected chi connectivity index (χ2v) is 7.00. The average Bonchev–Trinajstić information content (AvgIpc) is 3.46. The Kier molecular flexibility index (Phi) is 4.71. The number of carbonyl (C=O) groups excluding carboxylic acids is 2. The highest BCUT2D eigenvalue weighted by atomic mass is 16.5. The van der Waals surface area contributed by atoms with Crippen LogP contribution in [0.3, 0.4) is 0 Å². The summed E-state index contributed by atoms with van der Waals surface area (Å²) in [5.74, 6) is 1.15. The fraction of sp³-hybridized carbons (Fsp3) is 0.333. The van der Waals surface area contributed by atoms with Crippen molar-refractivity contribution in [2.75, 3.05) is 25.1 Å². The van der Waals surface area contributed by atoms with E-state index in [9.17, 15) is 9.59 Å². The van der Waals surface area contributed by atoms with E-state index in [2.05, 4.69) is 10.6 Å². The third-order valence-corrected chi connectivity index (χ3v) is 5.13. The van der Waals surface area contributed by atoms with Crippen LogP contribution in [0.1, 0.15) is 34.8 Å². The molecule has 6 nitrogen and oxygen atoms in total. The highest BCUT2D eigenvalue weighted by Gasteiger charge is 2.33. The Balaban J connectivity index is 1.52. The third-order valence-electron chi connectivity index (χ3n) is 5.13. The summed E-state index contributed by atoms with van der Waals surface area (Å²) in [5.41, 5.74) is 2.39. The van der Waals surface area contributed by atoms with E-state index in [1.807, 2.05) is 36.4 Å². The van der Waals surface area contributed by atoms with Crippen molar-refractivity contribution in [3.05, 3.63) is 59.7 Å². The van der Waals surface area contributed by atoms with Crippen molar-refractivity contribution in [3.8, 4) is 5.75 Å². The minimum Gasteiger partial charge on any atom is -0.497 e. The lowest BCUT2D eigenvalue weighted by molar-refractivity contribution is 0.0931. The molecule has 1 atom stereocenters. The lowest BCUT2D eigenvalue weighted by Gasteiger charge is -2.20. The number of carbonyl (C=O) groups is 2. The van der Waals surface area contributed by atoms with E-state index >= 15 is 0 Å². The van der Waals surface area contributed by atoms with Gasteiger partial charge in [0.25, 0.3) is 5.91 Å². The summed E-state index contributed by atoms with van der Waals surface area (Å²) in [6.45, 7) is 1.23. The molecule has 3 amide bonds. The first kappa shape index (κ1) is 17.4. The largest absolute Gasteiger partial charge is 0.497 e. The Labute approximate surface area is 158 Å².